The van der Waals surface area contributed by atoms with Crippen LogP contribution in [0.4, 0.5) is 0 Å². The molecule has 20 heavy (non-hydrogen) atoms. The number of ketones is 1. The van der Waals surface area contributed by atoms with E-state index in [9.17, 15) is 9.59 Å². The Morgan fingerprint density at radius 1 is 1.40 bits per heavy atom. The summed E-state index contributed by atoms with van der Waals surface area (Å²) in [4.78, 5) is 25.9. The summed E-state index contributed by atoms with van der Waals surface area (Å²) in [5, 5.41) is 0.531. The first-order valence-corrected chi connectivity index (χ1v) is 7.11. The van der Waals surface area contributed by atoms with Crippen LogP contribution < -0.4 is 0 Å². The molecule has 2 rings (SSSR count). The van der Waals surface area contributed by atoms with Crippen LogP contribution in [0.1, 0.15) is 30.1 Å². The van der Waals surface area contributed by atoms with E-state index in [-0.39, 0.29) is 30.6 Å². The average molecular weight is 296 g/mol. The molecule has 0 radical (unpaired) electrons. The third kappa shape index (κ3) is 3.81. The van der Waals surface area contributed by atoms with Crippen LogP contribution in [0.15, 0.2) is 24.3 Å². The van der Waals surface area contributed by atoms with Crippen LogP contribution in [0.5, 0.6) is 0 Å². The summed E-state index contributed by atoms with van der Waals surface area (Å²) in [5.41, 5.74) is 0.556. The Morgan fingerprint density at radius 2 is 2.20 bits per heavy atom. The lowest BCUT2D eigenvalue weighted by Gasteiger charge is -2.33. The van der Waals surface area contributed by atoms with Crippen molar-refractivity contribution in [2.45, 2.75) is 25.8 Å². The third-order valence-corrected chi connectivity index (χ3v) is 3.64. The number of ether oxygens (including phenoxy) is 1. The lowest BCUT2D eigenvalue weighted by Crippen LogP contribution is -2.47. The number of halogens is 1. The highest BCUT2D eigenvalue weighted by Gasteiger charge is 2.23. The average Bonchev–Trinajstić information content (AvgIpc) is 2.45. The SMILES string of the molecule is CC1COCCN1C(=O)CCC(=O)c1cccc(Cl)c1. The van der Waals surface area contributed by atoms with Gasteiger partial charge in [0.15, 0.2) is 5.78 Å². The molecule has 0 bridgehead atoms. The van der Waals surface area contributed by atoms with Crippen molar-refractivity contribution in [3.05, 3.63) is 34.9 Å². The van der Waals surface area contributed by atoms with Gasteiger partial charge in [0.1, 0.15) is 0 Å². The lowest BCUT2D eigenvalue weighted by atomic mass is 10.1. The van der Waals surface area contributed by atoms with Crippen molar-refractivity contribution in [1.29, 1.82) is 0 Å². The van der Waals surface area contributed by atoms with Crippen LogP contribution in [0.2, 0.25) is 5.02 Å². The van der Waals surface area contributed by atoms with Gasteiger partial charge in [-0.2, -0.15) is 0 Å². The monoisotopic (exact) mass is 295 g/mol. The molecule has 0 saturated carbocycles. The van der Waals surface area contributed by atoms with Gasteiger partial charge in [0, 0.05) is 30.0 Å². The molecule has 0 N–H and O–H groups in total. The molecule has 1 aliphatic rings. The quantitative estimate of drug-likeness (QED) is 0.802. The minimum Gasteiger partial charge on any atom is -0.377 e. The molecule has 0 spiro atoms. The number of amides is 1. The fourth-order valence-corrected chi connectivity index (χ4v) is 2.46. The van der Waals surface area contributed by atoms with Crippen molar-refractivity contribution in [3.63, 3.8) is 0 Å². The summed E-state index contributed by atoms with van der Waals surface area (Å²) in [5.74, 6) is -0.0436. The Labute approximate surface area is 123 Å². The Hall–Kier alpha value is -1.39. The van der Waals surface area contributed by atoms with Gasteiger partial charge in [-0.1, -0.05) is 23.7 Å². The molecule has 108 valence electrons. The highest BCUT2D eigenvalue weighted by Crippen LogP contribution is 2.14. The number of carbonyl (C=O) groups excluding carboxylic acids is 2. The van der Waals surface area contributed by atoms with Crippen molar-refractivity contribution < 1.29 is 14.3 Å². The number of nitrogens with zero attached hydrogens (tertiary/aromatic N) is 1. The maximum Gasteiger partial charge on any atom is 0.223 e. The standard InChI is InChI=1S/C15H18ClNO3/c1-11-10-20-8-7-17(11)15(19)6-5-14(18)12-3-2-4-13(16)9-12/h2-4,9,11H,5-8,10H2,1H3. The highest BCUT2D eigenvalue weighted by atomic mass is 35.5. The van der Waals surface area contributed by atoms with E-state index in [4.69, 9.17) is 16.3 Å². The minimum absolute atomic E-state index is 0.0104. The maximum atomic E-state index is 12.1. The summed E-state index contributed by atoms with van der Waals surface area (Å²) in [6.07, 6.45) is 0.443. The number of Topliss-reactive ketones (excluding diaryl/α,β-unsaturated/α-hetero) is 1. The van der Waals surface area contributed by atoms with Crippen LogP contribution in [0.3, 0.4) is 0 Å². The molecule has 1 unspecified atom stereocenters. The molecule has 1 fully saturated rings. The zero-order valence-corrected chi connectivity index (χ0v) is 12.2. The van der Waals surface area contributed by atoms with E-state index in [0.717, 1.165) is 0 Å². The van der Waals surface area contributed by atoms with Gasteiger partial charge in [-0.05, 0) is 19.1 Å². The molecule has 1 atom stereocenters. The Kier molecular flexibility index (Phi) is 5.15. The summed E-state index contributed by atoms with van der Waals surface area (Å²) < 4.78 is 5.29. The molecular weight excluding hydrogens is 278 g/mol. The molecule has 4 nitrogen and oxygen atoms in total. The van der Waals surface area contributed by atoms with Crippen LogP contribution in [-0.2, 0) is 9.53 Å². The topological polar surface area (TPSA) is 46.6 Å². The molecule has 0 aliphatic carbocycles. The van der Waals surface area contributed by atoms with Crippen molar-refractivity contribution in [1.82, 2.24) is 4.90 Å². The number of benzene rings is 1. The van der Waals surface area contributed by atoms with Gasteiger partial charge in [0.05, 0.1) is 19.3 Å². The fourth-order valence-electron chi connectivity index (χ4n) is 2.27. The number of rotatable bonds is 4. The van der Waals surface area contributed by atoms with E-state index < -0.39 is 0 Å². The van der Waals surface area contributed by atoms with Crippen LogP contribution in [0, 0.1) is 0 Å². The van der Waals surface area contributed by atoms with Gasteiger partial charge in [-0.15, -0.1) is 0 Å². The molecule has 1 amide bonds. The number of morpholine rings is 1. The summed E-state index contributed by atoms with van der Waals surface area (Å²) in [6.45, 7) is 3.69. The summed E-state index contributed by atoms with van der Waals surface area (Å²) >= 11 is 5.85. The Balaban J connectivity index is 1.88. The Morgan fingerprint density at radius 3 is 2.90 bits per heavy atom. The number of hydrogen-bond acceptors (Lipinski definition) is 3. The van der Waals surface area contributed by atoms with E-state index in [1.54, 1.807) is 29.2 Å². The van der Waals surface area contributed by atoms with E-state index in [2.05, 4.69) is 0 Å². The normalized spacial score (nSPS) is 18.9. The molecule has 1 aliphatic heterocycles. The second-order valence-corrected chi connectivity index (χ2v) is 5.38. The minimum atomic E-state index is -0.0539. The van der Waals surface area contributed by atoms with Gasteiger partial charge in [0.25, 0.3) is 0 Å². The largest absolute Gasteiger partial charge is 0.377 e. The Bertz CT molecular complexity index is 504. The number of carbonyl (C=O) groups is 2. The van der Waals surface area contributed by atoms with E-state index in [1.807, 2.05) is 6.92 Å². The van der Waals surface area contributed by atoms with Crippen LogP contribution >= 0.6 is 11.6 Å². The zero-order chi connectivity index (χ0) is 14.5. The molecule has 0 aromatic heterocycles. The lowest BCUT2D eigenvalue weighted by molar-refractivity contribution is -0.139. The van der Waals surface area contributed by atoms with Crippen molar-refractivity contribution in [3.8, 4) is 0 Å². The second-order valence-electron chi connectivity index (χ2n) is 4.94. The zero-order valence-electron chi connectivity index (χ0n) is 11.5. The van der Waals surface area contributed by atoms with Crippen LogP contribution in [-0.4, -0.2) is 42.4 Å². The first-order chi connectivity index (χ1) is 9.58. The van der Waals surface area contributed by atoms with Gasteiger partial charge in [-0.25, -0.2) is 0 Å². The maximum absolute atomic E-state index is 12.1. The van der Waals surface area contributed by atoms with Crippen molar-refractivity contribution >= 4 is 23.3 Å². The highest BCUT2D eigenvalue weighted by molar-refractivity contribution is 6.31. The van der Waals surface area contributed by atoms with E-state index in [1.165, 1.54) is 0 Å². The van der Waals surface area contributed by atoms with E-state index >= 15 is 0 Å². The summed E-state index contributed by atoms with van der Waals surface area (Å²) in [7, 11) is 0. The molecule has 1 aromatic rings. The van der Waals surface area contributed by atoms with Gasteiger partial charge >= 0.3 is 0 Å². The fraction of sp³-hybridized carbons (Fsp3) is 0.467. The first kappa shape index (κ1) is 15.0. The van der Waals surface area contributed by atoms with Crippen molar-refractivity contribution in [2.75, 3.05) is 19.8 Å². The second kappa shape index (κ2) is 6.86. The number of hydrogen-bond donors (Lipinski definition) is 0. The predicted molar refractivity (Wildman–Crippen MR) is 77.0 cm³/mol. The molecule has 1 heterocycles. The van der Waals surface area contributed by atoms with Gasteiger partial charge in [-0.3, -0.25) is 9.59 Å². The van der Waals surface area contributed by atoms with E-state index in [0.29, 0.717) is 30.3 Å². The first-order valence-electron chi connectivity index (χ1n) is 6.74. The third-order valence-electron chi connectivity index (χ3n) is 3.40. The smallest absolute Gasteiger partial charge is 0.223 e. The molecular formula is C15H18ClNO3. The molecule has 1 aromatic carbocycles. The van der Waals surface area contributed by atoms with Crippen molar-refractivity contribution in [2.24, 2.45) is 0 Å². The van der Waals surface area contributed by atoms with Gasteiger partial charge in [0.2, 0.25) is 5.91 Å². The molecule has 5 heteroatoms. The predicted octanol–water partition coefficient (Wildman–Crippen LogP) is 2.55. The van der Waals surface area contributed by atoms with Gasteiger partial charge < -0.3 is 9.64 Å². The summed E-state index contributed by atoms with van der Waals surface area (Å²) in [6, 6.07) is 6.89. The molecule has 1 saturated heterocycles. The van der Waals surface area contributed by atoms with Crippen LogP contribution in [0.25, 0.3) is 0 Å².